The Labute approximate surface area is 185 Å². The van der Waals surface area contributed by atoms with Crippen molar-refractivity contribution in [1.82, 2.24) is 19.7 Å². The molecule has 0 bridgehead atoms. The number of likely N-dealkylation sites (tertiary alicyclic amines) is 1. The number of nitrogens with one attached hydrogen (secondary N) is 1. The van der Waals surface area contributed by atoms with E-state index in [1.165, 1.54) is 0 Å². The molecule has 0 radical (unpaired) electrons. The van der Waals surface area contributed by atoms with Gasteiger partial charge in [0.05, 0.1) is 11.5 Å². The Kier molecular flexibility index (Phi) is 5.70. The van der Waals surface area contributed by atoms with Crippen molar-refractivity contribution in [3.63, 3.8) is 0 Å². The zero-order valence-corrected chi connectivity index (χ0v) is 19.3. The van der Waals surface area contributed by atoms with Gasteiger partial charge in [0.25, 0.3) is 5.91 Å². The third kappa shape index (κ3) is 4.58. The number of aromatic nitrogens is 3. The predicted molar refractivity (Wildman–Crippen MR) is 118 cm³/mol. The number of amides is 2. The van der Waals surface area contributed by atoms with E-state index in [-0.39, 0.29) is 23.3 Å². The molecular weight excluding hydrogens is 446 g/mol. The van der Waals surface area contributed by atoms with Crippen LogP contribution in [0.4, 0.5) is 5.82 Å². The summed E-state index contributed by atoms with van der Waals surface area (Å²) < 4.78 is 2.86. The number of carbonyl (C=O) groups is 2. The average molecular weight is 474 g/mol. The first-order valence-corrected chi connectivity index (χ1v) is 11.3. The molecule has 4 rings (SSSR count). The van der Waals surface area contributed by atoms with Gasteiger partial charge < -0.3 is 10.2 Å². The minimum absolute atomic E-state index is 0.0841. The van der Waals surface area contributed by atoms with Gasteiger partial charge in [-0.15, -0.1) is 0 Å². The fourth-order valence-electron chi connectivity index (χ4n) is 3.92. The molecule has 2 aromatic heterocycles. The van der Waals surface area contributed by atoms with Crippen LogP contribution in [0, 0.1) is 5.92 Å². The highest BCUT2D eigenvalue weighted by Gasteiger charge is 2.35. The molecule has 2 aromatic rings. The molecule has 1 N–H and O–H groups in total. The van der Waals surface area contributed by atoms with Crippen LogP contribution >= 0.6 is 15.9 Å². The lowest BCUT2D eigenvalue weighted by Gasteiger charge is -2.31. The van der Waals surface area contributed by atoms with Gasteiger partial charge >= 0.3 is 0 Å². The zero-order chi connectivity index (χ0) is 21.5. The third-order valence-electron chi connectivity index (χ3n) is 5.65. The Hall–Kier alpha value is -2.22. The minimum Gasteiger partial charge on any atom is -0.336 e. The van der Waals surface area contributed by atoms with E-state index in [0.29, 0.717) is 30.5 Å². The summed E-state index contributed by atoms with van der Waals surface area (Å²) in [5.74, 6) is 0.599. The monoisotopic (exact) mass is 473 g/mol. The summed E-state index contributed by atoms with van der Waals surface area (Å²) in [5, 5.41) is 7.54. The van der Waals surface area contributed by atoms with Crippen molar-refractivity contribution in [3.8, 4) is 0 Å². The van der Waals surface area contributed by atoms with Crippen molar-refractivity contribution in [2.45, 2.75) is 57.9 Å². The molecule has 1 unspecified atom stereocenters. The summed E-state index contributed by atoms with van der Waals surface area (Å²) in [4.78, 5) is 31.9. The van der Waals surface area contributed by atoms with Gasteiger partial charge in [-0.2, -0.15) is 5.10 Å². The lowest BCUT2D eigenvalue weighted by molar-refractivity contribution is -0.121. The van der Waals surface area contributed by atoms with Crippen LogP contribution in [0.15, 0.2) is 28.9 Å². The fraction of sp³-hybridized carbons (Fsp3) is 0.545. The van der Waals surface area contributed by atoms with Gasteiger partial charge in [-0.1, -0.05) is 0 Å². The molecule has 1 atom stereocenters. The van der Waals surface area contributed by atoms with Gasteiger partial charge in [-0.25, -0.2) is 4.98 Å². The quantitative estimate of drug-likeness (QED) is 0.722. The molecule has 160 valence electrons. The number of hydrogen-bond donors (Lipinski definition) is 1. The van der Waals surface area contributed by atoms with Crippen molar-refractivity contribution in [2.24, 2.45) is 5.92 Å². The lowest BCUT2D eigenvalue weighted by Crippen LogP contribution is -2.44. The number of piperidine rings is 1. The number of hydrogen-bond acceptors (Lipinski definition) is 4. The van der Waals surface area contributed by atoms with Gasteiger partial charge in [-0.05, 0) is 80.6 Å². The standard InChI is InChI=1S/C22H28BrN5O2/c1-22(2,3)28-18(14-6-7-14)11-17(26-28)21(30)27-10-4-5-15(13-27)20(29)25-19-9-8-16(23)12-24-19/h8-9,11-12,14-15H,4-7,10,13H2,1-3H3,(H,24,25,29). The second-order valence-electron chi connectivity index (χ2n) is 9.25. The van der Waals surface area contributed by atoms with Crippen LogP contribution in [-0.2, 0) is 10.3 Å². The largest absolute Gasteiger partial charge is 0.336 e. The number of halogens is 1. The molecule has 2 fully saturated rings. The molecule has 2 aliphatic rings. The Bertz CT molecular complexity index is 943. The topological polar surface area (TPSA) is 80.1 Å². The summed E-state index contributed by atoms with van der Waals surface area (Å²) in [6, 6.07) is 5.55. The Morgan fingerprint density at radius 1 is 1.20 bits per heavy atom. The van der Waals surface area contributed by atoms with Crippen LogP contribution in [-0.4, -0.2) is 44.6 Å². The first-order valence-electron chi connectivity index (χ1n) is 10.5. The minimum atomic E-state index is -0.249. The highest BCUT2D eigenvalue weighted by molar-refractivity contribution is 9.10. The second kappa shape index (κ2) is 8.13. The Morgan fingerprint density at radius 3 is 2.60 bits per heavy atom. The lowest BCUT2D eigenvalue weighted by atomic mass is 9.97. The summed E-state index contributed by atoms with van der Waals surface area (Å²) in [6.45, 7) is 7.38. The summed E-state index contributed by atoms with van der Waals surface area (Å²) in [7, 11) is 0. The molecule has 30 heavy (non-hydrogen) atoms. The van der Waals surface area contributed by atoms with Gasteiger partial charge in [-0.3, -0.25) is 14.3 Å². The van der Waals surface area contributed by atoms with Crippen molar-refractivity contribution >= 4 is 33.6 Å². The zero-order valence-electron chi connectivity index (χ0n) is 17.7. The van der Waals surface area contributed by atoms with Crippen LogP contribution in [0.2, 0.25) is 0 Å². The third-order valence-corrected chi connectivity index (χ3v) is 6.11. The van der Waals surface area contributed by atoms with Crippen LogP contribution in [0.5, 0.6) is 0 Å². The molecule has 1 aliphatic carbocycles. The molecule has 3 heterocycles. The molecule has 1 aliphatic heterocycles. The van der Waals surface area contributed by atoms with E-state index in [9.17, 15) is 9.59 Å². The maximum absolute atomic E-state index is 13.2. The maximum Gasteiger partial charge on any atom is 0.274 e. The highest BCUT2D eigenvalue weighted by atomic mass is 79.9. The fourth-order valence-corrected chi connectivity index (χ4v) is 4.16. The second-order valence-corrected chi connectivity index (χ2v) is 10.2. The van der Waals surface area contributed by atoms with E-state index in [2.05, 4.69) is 52.1 Å². The molecule has 0 aromatic carbocycles. The summed E-state index contributed by atoms with van der Waals surface area (Å²) >= 11 is 3.34. The molecule has 1 saturated heterocycles. The average Bonchev–Trinajstić information content (AvgIpc) is 3.46. The van der Waals surface area contributed by atoms with Crippen LogP contribution in [0.3, 0.4) is 0 Å². The van der Waals surface area contributed by atoms with Crippen molar-refractivity contribution < 1.29 is 9.59 Å². The van der Waals surface area contributed by atoms with Crippen molar-refractivity contribution in [1.29, 1.82) is 0 Å². The van der Waals surface area contributed by atoms with Gasteiger partial charge in [0.1, 0.15) is 5.82 Å². The predicted octanol–water partition coefficient (Wildman–Crippen LogP) is 4.16. The molecule has 2 amide bonds. The Morgan fingerprint density at radius 2 is 1.97 bits per heavy atom. The molecule has 0 spiro atoms. The number of pyridine rings is 1. The smallest absolute Gasteiger partial charge is 0.274 e. The molecule has 1 saturated carbocycles. The number of nitrogens with zero attached hydrogens (tertiary/aromatic N) is 4. The summed E-state index contributed by atoms with van der Waals surface area (Å²) in [5.41, 5.74) is 1.47. The van der Waals surface area contributed by atoms with E-state index in [0.717, 1.165) is 35.8 Å². The van der Waals surface area contributed by atoms with Gasteiger partial charge in [0.15, 0.2) is 5.69 Å². The number of carbonyl (C=O) groups excluding carboxylic acids is 2. The molecule has 7 nitrogen and oxygen atoms in total. The Balaban J connectivity index is 1.46. The van der Waals surface area contributed by atoms with Crippen LogP contribution in [0.1, 0.15) is 68.6 Å². The van der Waals surface area contributed by atoms with E-state index in [1.54, 1.807) is 17.2 Å². The molecular formula is C22H28BrN5O2. The SMILES string of the molecule is CC(C)(C)n1nc(C(=O)N2CCCC(C(=O)Nc3ccc(Br)cn3)C2)cc1C1CC1. The van der Waals surface area contributed by atoms with E-state index in [4.69, 9.17) is 0 Å². The molecule has 8 heteroatoms. The van der Waals surface area contributed by atoms with E-state index >= 15 is 0 Å². The van der Waals surface area contributed by atoms with E-state index in [1.807, 2.05) is 16.8 Å². The van der Waals surface area contributed by atoms with Gasteiger partial charge in [0.2, 0.25) is 5.91 Å². The van der Waals surface area contributed by atoms with E-state index < -0.39 is 0 Å². The normalized spacial score (nSPS) is 19.6. The van der Waals surface area contributed by atoms with Crippen molar-refractivity contribution in [3.05, 3.63) is 40.3 Å². The van der Waals surface area contributed by atoms with Crippen LogP contribution < -0.4 is 5.32 Å². The first kappa shape index (κ1) is 21.0. The van der Waals surface area contributed by atoms with Gasteiger partial charge in [0, 0.05) is 35.4 Å². The highest BCUT2D eigenvalue weighted by Crippen LogP contribution is 2.42. The number of rotatable bonds is 4. The van der Waals surface area contributed by atoms with Crippen LogP contribution in [0.25, 0.3) is 0 Å². The summed E-state index contributed by atoms with van der Waals surface area (Å²) in [6.07, 6.45) is 5.52. The first-order chi connectivity index (χ1) is 14.2. The maximum atomic E-state index is 13.2. The van der Waals surface area contributed by atoms with Crippen molar-refractivity contribution in [2.75, 3.05) is 18.4 Å². The number of anilines is 1.